The Balaban J connectivity index is 2.83. The molecule has 1 aromatic heterocycles. The highest BCUT2D eigenvalue weighted by Gasteiger charge is 2.04. The van der Waals surface area contributed by atoms with Crippen molar-refractivity contribution >= 4 is 10.9 Å². The van der Waals surface area contributed by atoms with E-state index < -0.39 is 5.82 Å². The van der Waals surface area contributed by atoms with E-state index in [4.69, 9.17) is 4.74 Å². The quantitative estimate of drug-likeness (QED) is 0.748. The molecule has 0 atom stereocenters. The number of nitrogens with one attached hydrogen (secondary N) is 1. The van der Waals surface area contributed by atoms with Crippen LogP contribution in [-0.2, 0) is 0 Å². The molecular weight excluding hydrogens is 185 g/mol. The van der Waals surface area contributed by atoms with E-state index in [-0.39, 0.29) is 5.56 Å². The lowest BCUT2D eigenvalue weighted by molar-refractivity contribution is 0.412. The van der Waals surface area contributed by atoms with Gasteiger partial charge in [-0.2, -0.15) is 0 Å². The van der Waals surface area contributed by atoms with Crippen LogP contribution in [0.3, 0.4) is 0 Å². The number of aromatic nitrogens is 1. The van der Waals surface area contributed by atoms with E-state index in [0.717, 1.165) is 0 Å². The van der Waals surface area contributed by atoms with Crippen LogP contribution in [0.4, 0.5) is 4.39 Å². The Morgan fingerprint density at radius 3 is 2.86 bits per heavy atom. The van der Waals surface area contributed by atoms with Crippen LogP contribution < -0.4 is 10.3 Å². The monoisotopic (exact) mass is 193 g/mol. The van der Waals surface area contributed by atoms with Gasteiger partial charge in [-0.25, -0.2) is 4.39 Å². The Kier molecular flexibility index (Phi) is 1.96. The first-order valence-electron chi connectivity index (χ1n) is 4.07. The van der Waals surface area contributed by atoms with Gasteiger partial charge in [0.05, 0.1) is 12.6 Å². The molecule has 0 aliphatic heterocycles. The minimum atomic E-state index is -0.407. The van der Waals surface area contributed by atoms with E-state index in [1.54, 1.807) is 6.07 Å². The molecule has 0 spiro atoms. The maximum absolute atomic E-state index is 13.4. The van der Waals surface area contributed by atoms with Gasteiger partial charge >= 0.3 is 0 Å². The lowest BCUT2D eigenvalue weighted by atomic mass is 10.2. The number of methoxy groups -OCH3 is 1. The molecule has 0 amide bonds. The van der Waals surface area contributed by atoms with Gasteiger partial charge < -0.3 is 9.72 Å². The zero-order chi connectivity index (χ0) is 10.1. The summed E-state index contributed by atoms with van der Waals surface area (Å²) in [6, 6.07) is 5.60. The molecule has 0 radical (unpaired) electrons. The molecule has 0 aliphatic carbocycles. The van der Waals surface area contributed by atoms with Gasteiger partial charge in [-0.15, -0.1) is 0 Å². The molecule has 0 saturated carbocycles. The van der Waals surface area contributed by atoms with Crippen molar-refractivity contribution in [2.75, 3.05) is 7.11 Å². The zero-order valence-electron chi connectivity index (χ0n) is 7.50. The first kappa shape index (κ1) is 8.74. The van der Waals surface area contributed by atoms with Gasteiger partial charge in [0, 0.05) is 23.6 Å². The van der Waals surface area contributed by atoms with E-state index in [1.165, 1.54) is 25.3 Å². The van der Waals surface area contributed by atoms with Crippen LogP contribution in [0.5, 0.6) is 5.75 Å². The number of hydrogen-bond acceptors (Lipinski definition) is 2. The molecule has 1 heterocycles. The summed E-state index contributed by atoms with van der Waals surface area (Å²) in [5.41, 5.74) is 0.180. The molecule has 72 valence electrons. The summed E-state index contributed by atoms with van der Waals surface area (Å²) in [4.78, 5) is 13.5. The number of ether oxygens (including phenoxy) is 1. The van der Waals surface area contributed by atoms with E-state index >= 15 is 0 Å². The van der Waals surface area contributed by atoms with E-state index in [0.29, 0.717) is 16.7 Å². The summed E-state index contributed by atoms with van der Waals surface area (Å²) in [6.07, 6.45) is 0. The van der Waals surface area contributed by atoms with Crippen molar-refractivity contribution in [2.45, 2.75) is 0 Å². The number of aromatic amines is 1. The predicted octanol–water partition coefficient (Wildman–Crippen LogP) is 1.68. The van der Waals surface area contributed by atoms with E-state index in [1.807, 2.05) is 0 Å². The van der Waals surface area contributed by atoms with Crippen molar-refractivity contribution in [1.29, 1.82) is 0 Å². The summed E-state index contributed by atoms with van der Waals surface area (Å²) in [5.74, 6) is -0.0209. The molecule has 1 aromatic carbocycles. The van der Waals surface area contributed by atoms with Crippen molar-refractivity contribution in [3.05, 3.63) is 40.4 Å². The third-order valence-electron chi connectivity index (χ3n) is 2.00. The van der Waals surface area contributed by atoms with E-state index in [9.17, 15) is 9.18 Å². The number of benzene rings is 1. The predicted molar refractivity (Wildman–Crippen MR) is 51.1 cm³/mol. The molecule has 0 bridgehead atoms. The molecule has 14 heavy (non-hydrogen) atoms. The fourth-order valence-electron chi connectivity index (χ4n) is 1.32. The molecule has 0 saturated heterocycles. The van der Waals surface area contributed by atoms with Crippen LogP contribution in [0.2, 0.25) is 0 Å². The summed E-state index contributed by atoms with van der Waals surface area (Å²) >= 11 is 0. The fourth-order valence-corrected chi connectivity index (χ4v) is 1.32. The number of fused-ring (bicyclic) bond motifs is 1. The normalized spacial score (nSPS) is 10.4. The van der Waals surface area contributed by atoms with Crippen LogP contribution in [0, 0.1) is 5.82 Å². The van der Waals surface area contributed by atoms with Crippen molar-refractivity contribution in [3.8, 4) is 5.75 Å². The average Bonchev–Trinajstić information content (AvgIpc) is 2.16. The van der Waals surface area contributed by atoms with Gasteiger partial charge in [0.1, 0.15) is 11.6 Å². The van der Waals surface area contributed by atoms with Crippen LogP contribution in [0.1, 0.15) is 0 Å². The van der Waals surface area contributed by atoms with Gasteiger partial charge in [-0.1, -0.05) is 0 Å². The number of pyridine rings is 1. The van der Waals surface area contributed by atoms with E-state index in [2.05, 4.69) is 4.98 Å². The first-order valence-corrected chi connectivity index (χ1v) is 4.07. The molecule has 3 nitrogen and oxygen atoms in total. The maximum atomic E-state index is 13.4. The van der Waals surface area contributed by atoms with Gasteiger partial charge in [0.2, 0.25) is 5.56 Å². The fraction of sp³-hybridized carbons (Fsp3) is 0.100. The minimum absolute atomic E-state index is 0.259. The SMILES string of the molecule is COc1cc(F)c2ccc(=O)[nH]c2c1. The van der Waals surface area contributed by atoms with Gasteiger partial charge in [0.25, 0.3) is 0 Å². The maximum Gasteiger partial charge on any atom is 0.248 e. The molecule has 0 unspecified atom stereocenters. The Labute approximate surface area is 79.1 Å². The second-order valence-electron chi connectivity index (χ2n) is 2.89. The first-order chi connectivity index (χ1) is 6.70. The summed E-state index contributed by atoms with van der Waals surface area (Å²) in [5, 5.41) is 0.380. The standard InChI is InChI=1S/C10H8FNO2/c1-14-6-4-8(11)7-2-3-10(13)12-9(7)5-6/h2-5H,1H3,(H,12,13). The lowest BCUT2D eigenvalue weighted by Crippen LogP contribution is -2.03. The molecule has 4 heteroatoms. The van der Waals surface area contributed by atoms with Crippen LogP contribution in [0.25, 0.3) is 10.9 Å². The highest BCUT2D eigenvalue weighted by atomic mass is 19.1. The lowest BCUT2D eigenvalue weighted by Gasteiger charge is -2.03. The second kappa shape index (κ2) is 3.14. The highest BCUT2D eigenvalue weighted by molar-refractivity contribution is 5.80. The summed E-state index contributed by atoms with van der Waals surface area (Å²) in [7, 11) is 1.45. The molecule has 1 N–H and O–H groups in total. The van der Waals surface area contributed by atoms with Crippen molar-refractivity contribution in [2.24, 2.45) is 0 Å². The van der Waals surface area contributed by atoms with Crippen LogP contribution >= 0.6 is 0 Å². The molecule has 2 rings (SSSR count). The molecule has 0 aliphatic rings. The second-order valence-corrected chi connectivity index (χ2v) is 2.89. The zero-order valence-corrected chi connectivity index (χ0v) is 7.50. The topological polar surface area (TPSA) is 42.1 Å². The number of H-pyrrole nitrogens is 1. The number of halogens is 1. The van der Waals surface area contributed by atoms with Crippen molar-refractivity contribution in [3.63, 3.8) is 0 Å². The number of rotatable bonds is 1. The van der Waals surface area contributed by atoms with Crippen LogP contribution in [0.15, 0.2) is 29.1 Å². The minimum Gasteiger partial charge on any atom is -0.497 e. The highest BCUT2D eigenvalue weighted by Crippen LogP contribution is 2.21. The third kappa shape index (κ3) is 1.35. The third-order valence-corrected chi connectivity index (χ3v) is 2.00. The van der Waals surface area contributed by atoms with Gasteiger partial charge in [0.15, 0.2) is 0 Å². The van der Waals surface area contributed by atoms with Crippen molar-refractivity contribution < 1.29 is 9.13 Å². The van der Waals surface area contributed by atoms with Gasteiger partial charge in [-0.3, -0.25) is 4.79 Å². The molecular formula is C10H8FNO2. The molecule has 0 fully saturated rings. The van der Waals surface area contributed by atoms with Crippen molar-refractivity contribution in [1.82, 2.24) is 4.98 Å². The summed E-state index contributed by atoms with van der Waals surface area (Å²) < 4.78 is 18.2. The average molecular weight is 193 g/mol. The largest absolute Gasteiger partial charge is 0.497 e. The smallest absolute Gasteiger partial charge is 0.248 e. The summed E-state index contributed by atoms with van der Waals surface area (Å²) in [6.45, 7) is 0. The Morgan fingerprint density at radius 1 is 1.36 bits per heavy atom. The number of hydrogen-bond donors (Lipinski definition) is 1. The van der Waals surface area contributed by atoms with Gasteiger partial charge in [-0.05, 0) is 6.07 Å². The van der Waals surface area contributed by atoms with Crippen LogP contribution in [-0.4, -0.2) is 12.1 Å². The Morgan fingerprint density at radius 2 is 2.14 bits per heavy atom. The molecule has 2 aromatic rings. The Bertz CT molecular complexity index is 533. The Hall–Kier alpha value is -1.84.